The molecule has 6 aromatic rings. The Morgan fingerprint density at radius 3 is 2.54 bits per heavy atom. The Labute approximate surface area is 405 Å². The van der Waals surface area contributed by atoms with Crippen LogP contribution in [-0.4, -0.2) is 127 Å². The van der Waals surface area contributed by atoms with Gasteiger partial charge in [-0.05, 0) is 97.1 Å². The third-order valence-corrected chi connectivity index (χ3v) is 15.3. The molecular formula is C51H59N11O6S. The number of aromatic hydroxyl groups is 1. The third-order valence-electron chi connectivity index (χ3n) is 14.4. The summed E-state index contributed by atoms with van der Waals surface area (Å²) < 4.78 is 11.8. The number of phenolic OH excluding ortho intramolecular Hbond substituents is 1. The molecule has 8 heterocycles. The number of aliphatic hydroxyl groups is 1. The Morgan fingerprint density at radius 1 is 0.986 bits per heavy atom. The highest BCUT2D eigenvalue weighted by molar-refractivity contribution is 7.13. The van der Waals surface area contributed by atoms with Crippen LogP contribution in [0.1, 0.15) is 85.4 Å². The predicted octanol–water partition coefficient (Wildman–Crippen LogP) is 6.37. The number of nitrogens with one attached hydrogen (secondary N) is 2. The fraction of sp³-hybridized carbons (Fsp3) is 0.451. The number of amides is 2. The molecule has 0 spiro atoms. The number of aryl methyl sites for hydroxylation is 1. The molecule has 3 fully saturated rings. The van der Waals surface area contributed by atoms with Gasteiger partial charge in [-0.25, -0.2) is 15.0 Å². The third kappa shape index (κ3) is 10.0. The van der Waals surface area contributed by atoms with Gasteiger partial charge in [0.05, 0.1) is 27.9 Å². The normalized spacial score (nSPS) is 21.1. The van der Waals surface area contributed by atoms with Crippen LogP contribution < -0.4 is 20.3 Å². The summed E-state index contributed by atoms with van der Waals surface area (Å²) in [5.41, 5.74) is 8.50. The van der Waals surface area contributed by atoms with E-state index in [0.29, 0.717) is 60.3 Å². The molecule has 4 aliphatic rings. The number of fused-ring (bicyclic) bond motifs is 3. The number of hydrogen-bond donors (Lipinski definition) is 4. The standard InChI is InChI=1S/C51H59N11O6S/c1-30(2)46(50(66)62-28-37(63)20-42(62)49(65)53-23-32-8-10-34(11-9-32)47-31(3)56-29-69-47)44-22-45(59-68-44)67-19-18-60-15-12-33(13-16-60)35-24-54-51(55-25-35)61-17-14-38-36(27-61)26-52-48-40(38)21-41(57-58-48)39-6-4-5-7-43(39)64/h4-11,21-22,24-25,29-30,33,36-38,42,46,63-64H,12-20,23,26-28H2,1-3H3,(H,52,58)(H,53,65)/t36-,37+,38?,42-,46?/m0/s1. The van der Waals surface area contributed by atoms with Gasteiger partial charge in [0.1, 0.15) is 24.3 Å². The highest BCUT2D eigenvalue weighted by Crippen LogP contribution is 2.42. The lowest BCUT2D eigenvalue weighted by Gasteiger charge is -2.42. The summed E-state index contributed by atoms with van der Waals surface area (Å²) in [7, 11) is 0. The lowest BCUT2D eigenvalue weighted by atomic mass is 9.78. The van der Waals surface area contributed by atoms with Gasteiger partial charge in [-0.15, -0.1) is 21.5 Å². The molecule has 69 heavy (non-hydrogen) atoms. The van der Waals surface area contributed by atoms with Gasteiger partial charge in [0.15, 0.2) is 11.6 Å². The number of nitrogens with zero attached hydrogens (tertiary/aromatic N) is 9. The molecule has 5 atom stereocenters. The number of benzene rings is 2. The number of aromatic nitrogens is 6. The topological polar surface area (TPSA) is 208 Å². The average molecular weight is 954 g/mol. The van der Waals surface area contributed by atoms with Crippen LogP contribution in [0.15, 0.2) is 83.1 Å². The van der Waals surface area contributed by atoms with Gasteiger partial charge >= 0.3 is 0 Å². The Bertz CT molecular complexity index is 2740. The molecule has 360 valence electrons. The van der Waals surface area contributed by atoms with Crippen molar-refractivity contribution in [1.29, 1.82) is 0 Å². The van der Waals surface area contributed by atoms with Crippen LogP contribution in [0.2, 0.25) is 0 Å². The molecule has 18 heteroatoms. The lowest BCUT2D eigenvalue weighted by molar-refractivity contribution is -0.141. The zero-order valence-electron chi connectivity index (χ0n) is 39.2. The summed E-state index contributed by atoms with van der Waals surface area (Å²) in [5, 5.41) is 40.6. The van der Waals surface area contributed by atoms with Crippen molar-refractivity contribution in [3.63, 3.8) is 0 Å². The summed E-state index contributed by atoms with van der Waals surface area (Å²) in [6.07, 6.45) is 6.29. The Kier molecular flexibility index (Phi) is 13.6. The van der Waals surface area contributed by atoms with Crippen LogP contribution in [0.25, 0.3) is 21.7 Å². The van der Waals surface area contributed by atoms with Crippen LogP contribution in [0, 0.1) is 18.8 Å². The van der Waals surface area contributed by atoms with Crippen LogP contribution in [0.3, 0.4) is 0 Å². The molecule has 0 radical (unpaired) electrons. The number of likely N-dealkylation sites (tertiary alicyclic amines) is 2. The van der Waals surface area contributed by atoms with Crippen molar-refractivity contribution in [2.24, 2.45) is 11.8 Å². The molecule has 10 rings (SSSR count). The highest BCUT2D eigenvalue weighted by Gasteiger charge is 2.43. The number of carbonyl (C=O) groups is 2. The highest BCUT2D eigenvalue weighted by atomic mass is 32.1. The maximum Gasteiger partial charge on any atom is 0.254 e. The van der Waals surface area contributed by atoms with Crippen molar-refractivity contribution >= 4 is 34.9 Å². The van der Waals surface area contributed by atoms with E-state index in [2.05, 4.69) is 46.8 Å². The molecule has 3 saturated heterocycles. The molecule has 4 aliphatic heterocycles. The van der Waals surface area contributed by atoms with Crippen LogP contribution in [0.4, 0.5) is 11.8 Å². The summed E-state index contributed by atoms with van der Waals surface area (Å²) in [6.45, 7) is 11.7. The number of rotatable bonds is 14. The minimum Gasteiger partial charge on any atom is -0.507 e. The van der Waals surface area contributed by atoms with Crippen LogP contribution >= 0.6 is 11.3 Å². The SMILES string of the molecule is Cc1ncsc1-c1ccc(CNC(=O)[C@@H]2C[C@@H](O)CN2C(=O)C(c2cc(OCCN3CCC(c4cnc(N5CCC6c7cc(-c8ccccc8O)nnc7NC[C@H]6C5)nc4)CC3)no2)C(C)C)cc1. The maximum absolute atomic E-state index is 14.2. The van der Waals surface area contributed by atoms with E-state index >= 15 is 0 Å². The number of phenols is 1. The molecule has 4 N–H and O–H groups in total. The number of para-hydroxylation sites is 1. The van der Waals surface area contributed by atoms with E-state index in [-0.39, 0.29) is 36.4 Å². The molecule has 17 nitrogen and oxygen atoms in total. The molecule has 2 unspecified atom stereocenters. The molecular weight excluding hydrogens is 895 g/mol. The van der Waals surface area contributed by atoms with Gasteiger partial charge in [0.2, 0.25) is 17.8 Å². The van der Waals surface area contributed by atoms with E-state index in [9.17, 15) is 19.8 Å². The lowest BCUT2D eigenvalue weighted by Crippen LogP contribution is -2.48. The van der Waals surface area contributed by atoms with Gasteiger partial charge < -0.3 is 39.9 Å². The summed E-state index contributed by atoms with van der Waals surface area (Å²) in [5.74, 6) is 2.07. The van der Waals surface area contributed by atoms with E-state index < -0.39 is 18.1 Å². The minimum absolute atomic E-state index is 0.0612. The van der Waals surface area contributed by atoms with Crippen molar-refractivity contribution < 1.29 is 29.1 Å². The molecule has 4 aromatic heterocycles. The van der Waals surface area contributed by atoms with Crippen LogP contribution in [-0.2, 0) is 16.1 Å². The van der Waals surface area contributed by atoms with Gasteiger partial charge in [-0.3, -0.25) is 14.5 Å². The number of ether oxygens (including phenoxy) is 1. The second-order valence-corrected chi connectivity index (χ2v) is 20.0. The van der Waals surface area contributed by atoms with Gasteiger partial charge in [0, 0.05) is 81.2 Å². The first-order valence-electron chi connectivity index (χ1n) is 24.1. The van der Waals surface area contributed by atoms with E-state index in [0.717, 1.165) is 96.6 Å². The number of piperidine rings is 2. The smallest absolute Gasteiger partial charge is 0.254 e. The fourth-order valence-electron chi connectivity index (χ4n) is 10.5. The summed E-state index contributed by atoms with van der Waals surface area (Å²) in [6, 6.07) is 18.2. The summed E-state index contributed by atoms with van der Waals surface area (Å²) >= 11 is 1.59. The van der Waals surface area contributed by atoms with Crippen molar-refractivity contribution in [2.75, 3.05) is 62.6 Å². The van der Waals surface area contributed by atoms with Crippen LogP contribution in [0.5, 0.6) is 11.6 Å². The van der Waals surface area contributed by atoms with Gasteiger partial charge in [-0.1, -0.05) is 50.2 Å². The van der Waals surface area contributed by atoms with Crippen molar-refractivity contribution in [3.8, 4) is 33.3 Å². The second-order valence-electron chi connectivity index (χ2n) is 19.2. The molecule has 0 aliphatic carbocycles. The average Bonchev–Trinajstić information content (AvgIpc) is 4.13. The quantitative estimate of drug-likeness (QED) is 0.0936. The van der Waals surface area contributed by atoms with Crippen molar-refractivity contribution in [3.05, 3.63) is 107 Å². The second kappa shape index (κ2) is 20.2. The van der Waals surface area contributed by atoms with Gasteiger partial charge in [-0.2, -0.15) is 0 Å². The van der Waals surface area contributed by atoms with Crippen molar-refractivity contribution in [1.82, 2.24) is 45.4 Å². The number of anilines is 2. The number of β-amino-alcohol motifs (C(OH)–C–C–N with tert-alkyl or cyclic N) is 1. The first kappa shape index (κ1) is 46.2. The van der Waals surface area contributed by atoms with Gasteiger partial charge in [0.25, 0.3) is 5.88 Å². The van der Waals surface area contributed by atoms with Crippen molar-refractivity contribution in [2.45, 2.75) is 82.9 Å². The number of thiazole rings is 1. The molecule has 2 aromatic carbocycles. The molecule has 0 bridgehead atoms. The number of carbonyl (C=O) groups excluding carboxylic acids is 2. The zero-order valence-corrected chi connectivity index (χ0v) is 40.0. The first-order chi connectivity index (χ1) is 33.6. The number of hydrogen-bond acceptors (Lipinski definition) is 16. The molecule has 2 amide bonds. The first-order valence-corrected chi connectivity index (χ1v) is 25.0. The van der Waals surface area contributed by atoms with E-state index in [1.807, 2.05) is 75.1 Å². The fourth-order valence-corrected chi connectivity index (χ4v) is 11.4. The Morgan fingerprint density at radius 2 is 1.78 bits per heavy atom. The molecule has 0 saturated carbocycles. The zero-order chi connectivity index (χ0) is 47.6. The monoisotopic (exact) mass is 953 g/mol. The van der Waals surface area contributed by atoms with E-state index in [1.165, 1.54) is 4.90 Å². The van der Waals surface area contributed by atoms with E-state index in [1.54, 1.807) is 29.5 Å². The Hall–Kier alpha value is -6.50. The largest absolute Gasteiger partial charge is 0.507 e. The van der Waals surface area contributed by atoms with E-state index in [4.69, 9.17) is 19.2 Å². The minimum atomic E-state index is -0.814. The predicted molar refractivity (Wildman–Crippen MR) is 261 cm³/mol. The maximum atomic E-state index is 14.2. The Balaban J connectivity index is 0.675. The number of aliphatic hydroxyl groups excluding tert-OH is 1. The summed E-state index contributed by atoms with van der Waals surface area (Å²) in [4.78, 5) is 49.0.